The molecule has 2 saturated heterocycles. The van der Waals surface area contributed by atoms with Gasteiger partial charge in [0.15, 0.2) is 0 Å². The minimum atomic E-state index is -4.59. The summed E-state index contributed by atoms with van der Waals surface area (Å²) >= 11 is 0. The van der Waals surface area contributed by atoms with E-state index in [1.807, 2.05) is 4.90 Å². The molecule has 1 saturated carbocycles. The first-order chi connectivity index (χ1) is 14.8. The molecule has 1 aromatic rings. The van der Waals surface area contributed by atoms with E-state index < -0.39 is 11.7 Å². The third-order valence-electron chi connectivity index (χ3n) is 7.64. The largest absolute Gasteiger partial charge is 0.417 e. The Morgan fingerprint density at radius 3 is 2.48 bits per heavy atom. The summed E-state index contributed by atoms with van der Waals surface area (Å²) in [5, 5.41) is 11.8. The van der Waals surface area contributed by atoms with Crippen molar-refractivity contribution in [2.45, 2.75) is 50.7 Å². The van der Waals surface area contributed by atoms with Crippen molar-refractivity contribution in [3.63, 3.8) is 0 Å². The van der Waals surface area contributed by atoms with Crippen molar-refractivity contribution < 1.29 is 18.0 Å². The van der Waals surface area contributed by atoms with Gasteiger partial charge in [0, 0.05) is 37.3 Å². The zero-order valence-electron chi connectivity index (χ0n) is 17.8. The smallest absolute Gasteiger partial charge is 0.370 e. The highest BCUT2D eigenvalue weighted by Crippen LogP contribution is 2.47. The Kier molecular flexibility index (Phi) is 5.91. The predicted molar refractivity (Wildman–Crippen MR) is 111 cm³/mol. The lowest BCUT2D eigenvalue weighted by Gasteiger charge is -2.44. The summed E-state index contributed by atoms with van der Waals surface area (Å²) in [6.45, 7) is 2.83. The monoisotopic (exact) mass is 434 g/mol. The third kappa shape index (κ3) is 4.12. The Balaban J connectivity index is 1.58. The van der Waals surface area contributed by atoms with Crippen LogP contribution in [-0.2, 0) is 11.0 Å². The molecule has 5 nitrogen and oxygen atoms in total. The average Bonchev–Trinajstić information content (AvgIpc) is 3.42. The first kappa shape index (κ1) is 21.9. The topological polar surface area (TPSA) is 59.4 Å². The minimum absolute atomic E-state index is 0.0403. The van der Waals surface area contributed by atoms with E-state index in [0.29, 0.717) is 24.8 Å². The lowest BCUT2D eigenvalue weighted by molar-refractivity contribution is -0.137. The minimum Gasteiger partial charge on any atom is -0.370 e. The van der Waals surface area contributed by atoms with Gasteiger partial charge in [-0.05, 0) is 57.0 Å². The summed E-state index contributed by atoms with van der Waals surface area (Å²) in [4.78, 5) is 17.2. The molecular weight excluding hydrogens is 405 g/mol. The number of carbonyl (C=O) groups excluding carboxylic acids is 1. The highest BCUT2D eigenvalue weighted by atomic mass is 19.4. The second kappa shape index (κ2) is 8.34. The Hall–Kier alpha value is -2.27. The molecule has 1 atom stereocenters. The second-order valence-corrected chi connectivity index (χ2v) is 9.22. The van der Waals surface area contributed by atoms with Crippen LogP contribution in [0.15, 0.2) is 18.2 Å². The maximum atomic E-state index is 13.5. The number of amides is 1. The van der Waals surface area contributed by atoms with Gasteiger partial charge in [-0.3, -0.25) is 4.79 Å². The van der Waals surface area contributed by atoms with Crippen LogP contribution in [-0.4, -0.2) is 50.1 Å². The van der Waals surface area contributed by atoms with Crippen LogP contribution in [0.4, 0.5) is 18.9 Å². The molecule has 1 aromatic carbocycles. The van der Waals surface area contributed by atoms with Crippen molar-refractivity contribution in [1.82, 2.24) is 10.2 Å². The molecule has 1 unspecified atom stereocenters. The first-order valence-electron chi connectivity index (χ1n) is 11.1. The number of hydrogen-bond acceptors (Lipinski definition) is 4. The Morgan fingerprint density at radius 1 is 1.23 bits per heavy atom. The van der Waals surface area contributed by atoms with Gasteiger partial charge >= 0.3 is 6.18 Å². The van der Waals surface area contributed by atoms with E-state index in [1.54, 1.807) is 19.2 Å². The lowest BCUT2D eigenvalue weighted by atomic mass is 9.70. The summed E-state index contributed by atoms with van der Waals surface area (Å²) in [5.74, 6) is -0.297. The van der Waals surface area contributed by atoms with Crippen LogP contribution in [0, 0.1) is 22.7 Å². The summed E-state index contributed by atoms with van der Waals surface area (Å²) in [7, 11) is 1.62. The maximum Gasteiger partial charge on any atom is 0.417 e. The predicted octanol–water partition coefficient (Wildman–Crippen LogP) is 3.78. The molecule has 31 heavy (non-hydrogen) atoms. The number of nitriles is 1. The van der Waals surface area contributed by atoms with E-state index in [-0.39, 0.29) is 22.8 Å². The SMILES string of the molecule is CNC(=O)C1CN(c2ccc(C#N)c(C(F)(F)F)c2)CC12CCN(C1CCCC1)CC2. The van der Waals surface area contributed by atoms with Gasteiger partial charge in [-0.1, -0.05) is 12.8 Å². The number of nitrogens with zero attached hydrogens (tertiary/aromatic N) is 3. The number of nitrogens with one attached hydrogen (secondary N) is 1. The molecule has 1 N–H and O–H groups in total. The standard InChI is InChI=1S/C23H29F3N4O/c1-28-21(31)20-14-30(18-7-6-16(13-27)19(12-18)23(24,25)26)15-22(20)8-10-29(11-9-22)17-4-2-3-5-17/h6-7,12,17,20H,2-5,8-11,14-15H2,1H3,(H,28,31). The molecular formula is C23H29F3N4O. The first-order valence-corrected chi connectivity index (χ1v) is 11.1. The summed E-state index contributed by atoms with van der Waals surface area (Å²) < 4.78 is 40.4. The summed E-state index contributed by atoms with van der Waals surface area (Å²) in [6.07, 6.45) is 2.20. The van der Waals surface area contributed by atoms with E-state index >= 15 is 0 Å². The second-order valence-electron chi connectivity index (χ2n) is 9.22. The number of rotatable bonds is 3. The number of alkyl halides is 3. The zero-order valence-corrected chi connectivity index (χ0v) is 17.8. The number of likely N-dealkylation sites (tertiary alicyclic amines) is 1. The van der Waals surface area contributed by atoms with E-state index in [1.165, 1.54) is 31.7 Å². The van der Waals surface area contributed by atoms with Crippen LogP contribution < -0.4 is 10.2 Å². The van der Waals surface area contributed by atoms with Crippen LogP contribution >= 0.6 is 0 Å². The van der Waals surface area contributed by atoms with Crippen LogP contribution in [0.1, 0.15) is 49.7 Å². The molecule has 3 fully saturated rings. The van der Waals surface area contributed by atoms with Crippen LogP contribution in [0.5, 0.6) is 0 Å². The van der Waals surface area contributed by atoms with Crippen LogP contribution in [0.25, 0.3) is 0 Å². The quantitative estimate of drug-likeness (QED) is 0.787. The molecule has 2 heterocycles. The summed E-state index contributed by atoms with van der Waals surface area (Å²) in [5.41, 5.74) is -1.10. The molecule has 1 aliphatic carbocycles. The van der Waals surface area contributed by atoms with Crippen molar-refractivity contribution in [3.8, 4) is 6.07 Å². The van der Waals surface area contributed by atoms with Gasteiger partial charge in [-0.25, -0.2) is 0 Å². The molecule has 2 aliphatic heterocycles. The number of benzene rings is 1. The number of piperidine rings is 1. The molecule has 0 radical (unpaired) electrons. The van der Waals surface area contributed by atoms with Gasteiger partial charge in [-0.2, -0.15) is 18.4 Å². The number of halogens is 3. The third-order valence-corrected chi connectivity index (χ3v) is 7.64. The van der Waals surface area contributed by atoms with E-state index in [4.69, 9.17) is 5.26 Å². The van der Waals surface area contributed by atoms with Gasteiger partial charge in [-0.15, -0.1) is 0 Å². The maximum absolute atomic E-state index is 13.5. The Labute approximate surface area is 181 Å². The van der Waals surface area contributed by atoms with Crippen molar-refractivity contribution in [3.05, 3.63) is 29.3 Å². The fraction of sp³-hybridized carbons (Fsp3) is 0.652. The molecule has 1 amide bonds. The molecule has 8 heteroatoms. The molecule has 4 rings (SSSR count). The van der Waals surface area contributed by atoms with Crippen molar-refractivity contribution in [2.75, 3.05) is 38.1 Å². The molecule has 1 spiro atoms. The number of hydrogen-bond donors (Lipinski definition) is 1. The van der Waals surface area contributed by atoms with Gasteiger partial charge in [0.05, 0.1) is 23.1 Å². The van der Waals surface area contributed by atoms with E-state index in [0.717, 1.165) is 32.0 Å². The normalized spacial score (nSPS) is 24.5. The van der Waals surface area contributed by atoms with Crippen molar-refractivity contribution >= 4 is 11.6 Å². The molecule has 0 bridgehead atoms. The van der Waals surface area contributed by atoms with Crippen LogP contribution in [0.3, 0.4) is 0 Å². The Bertz CT molecular complexity index is 865. The average molecular weight is 435 g/mol. The highest BCUT2D eigenvalue weighted by molar-refractivity contribution is 5.81. The molecule has 0 aromatic heterocycles. The van der Waals surface area contributed by atoms with E-state index in [2.05, 4.69) is 10.2 Å². The lowest BCUT2D eigenvalue weighted by Crippen LogP contribution is -2.50. The fourth-order valence-electron chi connectivity index (χ4n) is 5.87. The number of anilines is 1. The van der Waals surface area contributed by atoms with Gasteiger partial charge in [0.1, 0.15) is 0 Å². The molecule has 3 aliphatic rings. The fourth-order valence-corrected chi connectivity index (χ4v) is 5.87. The van der Waals surface area contributed by atoms with Crippen molar-refractivity contribution in [2.24, 2.45) is 11.3 Å². The van der Waals surface area contributed by atoms with Crippen LogP contribution in [0.2, 0.25) is 0 Å². The van der Waals surface area contributed by atoms with Gasteiger partial charge in [0.2, 0.25) is 5.91 Å². The van der Waals surface area contributed by atoms with Gasteiger partial charge in [0.25, 0.3) is 0 Å². The zero-order chi connectivity index (χ0) is 22.2. The summed E-state index contributed by atoms with van der Waals surface area (Å²) in [6, 6.07) is 6.15. The van der Waals surface area contributed by atoms with E-state index in [9.17, 15) is 18.0 Å². The van der Waals surface area contributed by atoms with Gasteiger partial charge < -0.3 is 15.1 Å². The number of carbonyl (C=O) groups is 1. The molecule has 168 valence electrons. The van der Waals surface area contributed by atoms with Crippen molar-refractivity contribution in [1.29, 1.82) is 5.26 Å². The highest BCUT2D eigenvalue weighted by Gasteiger charge is 2.51. The Morgan fingerprint density at radius 2 is 1.90 bits per heavy atom.